The molecule has 0 radical (unpaired) electrons. The number of carbonyl (C=O) groups excluding carboxylic acids is 1. The fourth-order valence-electron chi connectivity index (χ4n) is 5.98. The number of alkyl halides is 3. The molecule has 0 aliphatic carbocycles. The highest BCUT2D eigenvalue weighted by Crippen LogP contribution is 2.48. The van der Waals surface area contributed by atoms with Gasteiger partial charge in [0.2, 0.25) is 5.95 Å². The maximum atomic E-state index is 13.6. The minimum Gasteiger partial charge on any atom is -0.491 e. The van der Waals surface area contributed by atoms with Gasteiger partial charge >= 0.3 is 12.2 Å². The van der Waals surface area contributed by atoms with Crippen molar-refractivity contribution < 1.29 is 27.8 Å². The quantitative estimate of drug-likeness (QED) is 0.467. The molecule has 6 rings (SSSR count). The number of hydrogen-bond donors (Lipinski definition) is 3. The van der Waals surface area contributed by atoms with Crippen LogP contribution in [0.1, 0.15) is 38.2 Å². The first-order valence-corrected chi connectivity index (χ1v) is 12.9. The van der Waals surface area contributed by atoms with Gasteiger partial charge in [-0.1, -0.05) is 6.07 Å². The summed E-state index contributed by atoms with van der Waals surface area (Å²) in [5, 5.41) is 13.4. The van der Waals surface area contributed by atoms with E-state index in [4.69, 9.17) is 4.74 Å². The number of amides is 2. The minimum absolute atomic E-state index is 0.270. The van der Waals surface area contributed by atoms with Crippen molar-refractivity contribution in [2.24, 2.45) is 0 Å². The molecule has 38 heavy (non-hydrogen) atoms. The Balaban J connectivity index is 1.23. The summed E-state index contributed by atoms with van der Waals surface area (Å²) in [4.78, 5) is 28.9. The van der Waals surface area contributed by atoms with Crippen LogP contribution in [0.5, 0.6) is 5.75 Å². The van der Waals surface area contributed by atoms with E-state index in [1.54, 1.807) is 16.0 Å². The van der Waals surface area contributed by atoms with E-state index >= 15 is 0 Å². The van der Waals surface area contributed by atoms with Crippen LogP contribution in [-0.4, -0.2) is 79.4 Å². The smallest absolute Gasteiger partial charge is 0.417 e. The summed E-state index contributed by atoms with van der Waals surface area (Å²) in [5.41, 5.74) is 1.23. The highest BCUT2D eigenvalue weighted by molar-refractivity contribution is 5.80. The predicted molar refractivity (Wildman–Crippen MR) is 134 cm³/mol. The molecular formula is C26H29F3N6O3. The summed E-state index contributed by atoms with van der Waals surface area (Å²) in [7, 11) is 0. The number of fused-ring (bicyclic) bond motifs is 4. The molecule has 0 saturated carbocycles. The molecule has 2 bridgehead atoms. The van der Waals surface area contributed by atoms with Crippen LogP contribution < -0.4 is 10.1 Å². The monoisotopic (exact) mass is 530 g/mol. The number of hydrogen-bond acceptors (Lipinski definition) is 6. The third-order valence-corrected chi connectivity index (χ3v) is 7.84. The van der Waals surface area contributed by atoms with E-state index in [2.05, 4.69) is 20.3 Å². The first-order valence-electron chi connectivity index (χ1n) is 12.9. The third-order valence-electron chi connectivity index (χ3n) is 7.84. The van der Waals surface area contributed by atoms with Crippen LogP contribution in [0.25, 0.3) is 22.3 Å². The number of nitrogens with one attached hydrogen (secondary N) is 2. The molecule has 5 heterocycles. The lowest BCUT2D eigenvalue weighted by Crippen LogP contribution is -2.60. The first-order chi connectivity index (χ1) is 18.1. The number of urea groups is 1. The summed E-state index contributed by atoms with van der Waals surface area (Å²) >= 11 is 0. The largest absolute Gasteiger partial charge is 0.491 e. The third kappa shape index (κ3) is 4.20. The van der Waals surface area contributed by atoms with Gasteiger partial charge in [0.1, 0.15) is 12.4 Å². The van der Waals surface area contributed by atoms with E-state index < -0.39 is 36.7 Å². The number of piperidine rings is 1. The van der Waals surface area contributed by atoms with Crippen molar-refractivity contribution in [2.75, 3.05) is 25.0 Å². The van der Waals surface area contributed by atoms with Gasteiger partial charge in [0, 0.05) is 48.8 Å². The second-order valence-electron chi connectivity index (χ2n) is 10.3. The standard InChI is InChI=1S/C26H29F3N6O3/c1-2-30-23-32-20-10-16(13-31-22(20)33-23)15-3-6-21-17(9-15)14-34(7-8-38-21)24(36)35-18-4-5-19(35)12-25(37,11-18)26(27,28)29/h3,6,9-10,13,18-19,37H,2,4-5,7-8,11-12,14H2,1H3,(H2,30,31,32,33). The molecule has 202 valence electrons. The number of imidazole rings is 1. The minimum atomic E-state index is -4.71. The van der Waals surface area contributed by atoms with Crippen molar-refractivity contribution in [3.63, 3.8) is 0 Å². The Morgan fingerprint density at radius 3 is 2.71 bits per heavy atom. The fourth-order valence-corrected chi connectivity index (χ4v) is 5.98. The molecule has 12 heteroatoms. The lowest BCUT2D eigenvalue weighted by atomic mass is 9.85. The normalized spacial score (nSPS) is 25.2. The summed E-state index contributed by atoms with van der Waals surface area (Å²) in [6, 6.07) is 6.14. The van der Waals surface area contributed by atoms with E-state index in [-0.39, 0.29) is 19.2 Å². The van der Waals surface area contributed by atoms with E-state index in [9.17, 15) is 23.1 Å². The number of ether oxygens (including phenoxy) is 1. The molecule has 2 atom stereocenters. The average molecular weight is 531 g/mol. The lowest BCUT2D eigenvalue weighted by molar-refractivity contribution is -0.277. The molecule has 2 saturated heterocycles. The molecule has 2 aromatic heterocycles. The fraction of sp³-hybridized carbons (Fsp3) is 0.500. The van der Waals surface area contributed by atoms with Crippen LogP contribution in [0.4, 0.5) is 23.9 Å². The van der Waals surface area contributed by atoms with Gasteiger partial charge < -0.3 is 29.9 Å². The van der Waals surface area contributed by atoms with Crippen molar-refractivity contribution in [1.29, 1.82) is 0 Å². The number of carbonyl (C=O) groups is 1. The van der Waals surface area contributed by atoms with Gasteiger partial charge in [0.25, 0.3) is 0 Å². The highest BCUT2D eigenvalue weighted by atomic mass is 19.4. The number of H-pyrrole nitrogens is 1. The van der Waals surface area contributed by atoms with Crippen molar-refractivity contribution >= 4 is 23.1 Å². The zero-order valence-corrected chi connectivity index (χ0v) is 20.9. The van der Waals surface area contributed by atoms with E-state index in [1.807, 2.05) is 31.2 Å². The Morgan fingerprint density at radius 1 is 1.24 bits per heavy atom. The molecule has 0 spiro atoms. The molecule has 9 nitrogen and oxygen atoms in total. The van der Waals surface area contributed by atoms with Crippen LogP contribution in [0.3, 0.4) is 0 Å². The van der Waals surface area contributed by atoms with Crippen LogP contribution >= 0.6 is 0 Å². The molecule has 3 aliphatic heterocycles. The van der Waals surface area contributed by atoms with Gasteiger partial charge in [0.15, 0.2) is 11.2 Å². The van der Waals surface area contributed by atoms with Gasteiger partial charge in [-0.2, -0.15) is 18.2 Å². The van der Waals surface area contributed by atoms with Gasteiger partial charge in [-0.05, 0) is 43.5 Å². The number of rotatable bonds is 3. The zero-order valence-electron chi connectivity index (χ0n) is 20.9. The molecule has 2 unspecified atom stereocenters. The lowest BCUT2D eigenvalue weighted by Gasteiger charge is -2.45. The number of aliphatic hydroxyl groups is 1. The Morgan fingerprint density at radius 2 is 2.00 bits per heavy atom. The highest BCUT2D eigenvalue weighted by Gasteiger charge is 2.61. The summed E-state index contributed by atoms with van der Waals surface area (Å²) in [6.45, 7) is 3.58. The van der Waals surface area contributed by atoms with Gasteiger partial charge in [-0.3, -0.25) is 0 Å². The predicted octanol–water partition coefficient (Wildman–Crippen LogP) is 4.29. The summed E-state index contributed by atoms with van der Waals surface area (Å²) in [6.07, 6.45) is -3.02. The summed E-state index contributed by atoms with van der Waals surface area (Å²) < 4.78 is 46.4. The molecule has 2 amide bonds. The Kier molecular flexibility index (Phi) is 5.89. The van der Waals surface area contributed by atoms with E-state index in [0.717, 1.165) is 28.8 Å². The number of pyridine rings is 1. The van der Waals surface area contributed by atoms with E-state index in [0.29, 0.717) is 36.7 Å². The molecule has 3 N–H and O–H groups in total. The second-order valence-corrected chi connectivity index (χ2v) is 10.3. The van der Waals surface area contributed by atoms with Crippen LogP contribution in [0.2, 0.25) is 0 Å². The molecule has 3 aliphatic rings. The number of aromatic nitrogens is 3. The maximum absolute atomic E-state index is 13.6. The number of anilines is 1. The Bertz CT molecular complexity index is 1360. The number of benzene rings is 1. The van der Waals surface area contributed by atoms with Gasteiger partial charge in [0.05, 0.1) is 18.6 Å². The van der Waals surface area contributed by atoms with E-state index in [1.165, 1.54) is 0 Å². The number of nitrogens with zero attached hydrogens (tertiary/aromatic N) is 4. The van der Waals surface area contributed by atoms with Crippen LogP contribution in [-0.2, 0) is 6.54 Å². The molecule has 3 aromatic rings. The van der Waals surface area contributed by atoms with Crippen LogP contribution in [0, 0.1) is 0 Å². The van der Waals surface area contributed by atoms with Gasteiger partial charge in [-0.25, -0.2) is 9.78 Å². The number of aromatic amines is 1. The molecule has 2 fully saturated rings. The topological polar surface area (TPSA) is 107 Å². The number of halogens is 3. The van der Waals surface area contributed by atoms with Crippen molar-refractivity contribution in [3.8, 4) is 16.9 Å². The van der Waals surface area contributed by atoms with Crippen molar-refractivity contribution in [1.82, 2.24) is 24.8 Å². The molecular weight excluding hydrogens is 501 g/mol. The zero-order chi connectivity index (χ0) is 26.7. The average Bonchev–Trinajstić information content (AvgIpc) is 3.31. The maximum Gasteiger partial charge on any atom is 0.417 e. The van der Waals surface area contributed by atoms with Crippen LogP contribution in [0.15, 0.2) is 30.5 Å². The van der Waals surface area contributed by atoms with Gasteiger partial charge in [-0.15, -0.1) is 0 Å². The Hall–Kier alpha value is -3.54. The SMILES string of the molecule is CCNc1nc2ncc(-c3ccc4c(c3)CN(C(=O)N3C5CCC3CC(O)(C(F)(F)F)C5)CCO4)cc2[nH]1. The van der Waals surface area contributed by atoms with Crippen molar-refractivity contribution in [3.05, 3.63) is 36.0 Å². The molecule has 1 aromatic carbocycles. The van der Waals surface area contributed by atoms with Crippen molar-refractivity contribution in [2.45, 2.75) is 63.0 Å². The second kappa shape index (κ2) is 9.04. The summed E-state index contributed by atoms with van der Waals surface area (Å²) in [5.74, 6) is 1.32. The Labute approximate surface area is 217 Å². The first kappa shape index (κ1) is 24.8.